The first-order valence-electron chi connectivity index (χ1n) is 6.42. The van der Waals surface area contributed by atoms with Crippen LogP contribution in [0.25, 0.3) is 0 Å². The summed E-state index contributed by atoms with van der Waals surface area (Å²) < 4.78 is 37.2. The molecule has 0 aromatic rings. The number of alkyl halides is 3. The van der Waals surface area contributed by atoms with Crippen LogP contribution in [0.4, 0.5) is 13.2 Å². The first-order chi connectivity index (χ1) is 9.12. The van der Waals surface area contributed by atoms with Crippen LogP contribution in [0.2, 0.25) is 0 Å². The number of carboxylic acids is 1. The molecule has 0 radical (unpaired) electrons. The van der Waals surface area contributed by atoms with Crippen molar-refractivity contribution in [1.82, 2.24) is 9.80 Å². The van der Waals surface area contributed by atoms with E-state index >= 15 is 0 Å². The number of aliphatic carboxylic acids is 1. The molecule has 1 heterocycles. The average Bonchev–Trinajstić information content (AvgIpc) is 2.36. The summed E-state index contributed by atoms with van der Waals surface area (Å²) in [6.45, 7) is 2.74. The SMILES string of the molecule is CC(CN1CCCC(N(C)C(=O)C(F)(F)F)C1)C(=O)O. The van der Waals surface area contributed by atoms with Crippen molar-refractivity contribution in [1.29, 1.82) is 0 Å². The molecule has 1 N–H and O–H groups in total. The molecule has 0 aliphatic carbocycles. The van der Waals surface area contributed by atoms with Crippen molar-refractivity contribution in [2.75, 3.05) is 26.7 Å². The highest BCUT2D eigenvalue weighted by Crippen LogP contribution is 2.22. The number of likely N-dealkylation sites (tertiary alicyclic amines) is 1. The first kappa shape index (κ1) is 16.7. The minimum Gasteiger partial charge on any atom is -0.481 e. The van der Waals surface area contributed by atoms with E-state index in [2.05, 4.69) is 0 Å². The van der Waals surface area contributed by atoms with Crippen LogP contribution in [-0.4, -0.2) is 65.7 Å². The summed E-state index contributed by atoms with van der Waals surface area (Å²) in [5, 5.41) is 8.84. The van der Waals surface area contributed by atoms with E-state index in [1.54, 1.807) is 11.8 Å². The summed E-state index contributed by atoms with van der Waals surface area (Å²) in [6, 6.07) is -0.529. The molecule has 1 aliphatic heterocycles. The minimum absolute atomic E-state index is 0.274. The Morgan fingerprint density at radius 3 is 2.55 bits per heavy atom. The molecular weight excluding hydrogens is 277 g/mol. The highest BCUT2D eigenvalue weighted by molar-refractivity contribution is 5.81. The molecule has 1 saturated heterocycles. The van der Waals surface area contributed by atoms with Crippen molar-refractivity contribution in [3.63, 3.8) is 0 Å². The van der Waals surface area contributed by atoms with Crippen molar-refractivity contribution < 1.29 is 27.9 Å². The predicted octanol–water partition coefficient (Wildman–Crippen LogP) is 1.19. The fraction of sp³-hybridized carbons (Fsp3) is 0.833. The maximum absolute atomic E-state index is 12.4. The van der Waals surface area contributed by atoms with Gasteiger partial charge in [-0.05, 0) is 19.4 Å². The number of hydrogen-bond donors (Lipinski definition) is 1. The van der Waals surface area contributed by atoms with Gasteiger partial charge in [-0.1, -0.05) is 6.92 Å². The van der Waals surface area contributed by atoms with Gasteiger partial charge in [-0.3, -0.25) is 9.59 Å². The van der Waals surface area contributed by atoms with E-state index in [0.29, 0.717) is 19.4 Å². The molecule has 1 amide bonds. The van der Waals surface area contributed by atoms with Crippen LogP contribution in [-0.2, 0) is 9.59 Å². The fourth-order valence-corrected chi connectivity index (χ4v) is 2.34. The number of piperidine rings is 1. The second-order valence-corrected chi connectivity index (χ2v) is 5.21. The van der Waals surface area contributed by atoms with Gasteiger partial charge in [0.25, 0.3) is 0 Å². The molecule has 5 nitrogen and oxygen atoms in total. The minimum atomic E-state index is -4.87. The van der Waals surface area contributed by atoms with Crippen molar-refractivity contribution in [2.45, 2.75) is 32.0 Å². The Morgan fingerprint density at radius 2 is 2.05 bits per heavy atom. The van der Waals surface area contributed by atoms with E-state index < -0.39 is 30.0 Å². The summed E-state index contributed by atoms with van der Waals surface area (Å²) in [7, 11) is 1.14. The molecule has 0 aromatic heterocycles. The van der Waals surface area contributed by atoms with Gasteiger partial charge >= 0.3 is 18.1 Å². The van der Waals surface area contributed by atoms with Gasteiger partial charge in [0, 0.05) is 26.2 Å². The van der Waals surface area contributed by atoms with Gasteiger partial charge in [0.15, 0.2) is 0 Å². The second kappa shape index (κ2) is 6.43. The molecule has 0 aromatic carbocycles. The van der Waals surface area contributed by atoms with Gasteiger partial charge in [-0.15, -0.1) is 0 Å². The number of nitrogens with zero attached hydrogens (tertiary/aromatic N) is 2. The summed E-state index contributed by atoms with van der Waals surface area (Å²) in [5.74, 6) is -3.38. The average molecular weight is 296 g/mol. The summed E-state index contributed by atoms with van der Waals surface area (Å²) in [5.41, 5.74) is 0. The Morgan fingerprint density at radius 1 is 1.45 bits per heavy atom. The van der Waals surface area contributed by atoms with Gasteiger partial charge in [0.05, 0.1) is 5.92 Å². The predicted molar refractivity (Wildman–Crippen MR) is 65.1 cm³/mol. The van der Waals surface area contributed by atoms with Crippen molar-refractivity contribution in [3.8, 4) is 0 Å². The normalized spacial score (nSPS) is 22.4. The zero-order chi connectivity index (χ0) is 15.5. The van der Waals surface area contributed by atoms with Gasteiger partial charge in [-0.2, -0.15) is 13.2 Å². The lowest BCUT2D eigenvalue weighted by Crippen LogP contribution is -2.52. The molecule has 1 fully saturated rings. The van der Waals surface area contributed by atoms with E-state index in [1.807, 2.05) is 0 Å². The van der Waals surface area contributed by atoms with E-state index in [9.17, 15) is 22.8 Å². The molecular formula is C12H19F3N2O3. The molecule has 2 atom stereocenters. The third kappa shape index (κ3) is 4.36. The number of carbonyl (C=O) groups is 2. The van der Waals surface area contributed by atoms with E-state index in [1.165, 1.54) is 0 Å². The number of likely N-dealkylation sites (N-methyl/N-ethyl adjacent to an activating group) is 1. The van der Waals surface area contributed by atoms with Crippen LogP contribution >= 0.6 is 0 Å². The number of amides is 1. The van der Waals surface area contributed by atoms with Gasteiger partial charge in [0.2, 0.25) is 0 Å². The van der Waals surface area contributed by atoms with Crippen LogP contribution in [0.15, 0.2) is 0 Å². The van der Waals surface area contributed by atoms with Crippen molar-refractivity contribution >= 4 is 11.9 Å². The van der Waals surface area contributed by atoms with Crippen LogP contribution in [0.5, 0.6) is 0 Å². The third-order valence-electron chi connectivity index (χ3n) is 3.54. The number of hydrogen-bond acceptors (Lipinski definition) is 3. The van der Waals surface area contributed by atoms with E-state index in [0.717, 1.165) is 11.9 Å². The number of carboxylic acid groups (broad SMARTS) is 1. The van der Waals surface area contributed by atoms with Crippen LogP contribution in [0.1, 0.15) is 19.8 Å². The third-order valence-corrected chi connectivity index (χ3v) is 3.54. The quantitative estimate of drug-likeness (QED) is 0.846. The molecule has 2 unspecified atom stereocenters. The van der Waals surface area contributed by atoms with Crippen molar-refractivity contribution in [2.24, 2.45) is 5.92 Å². The molecule has 20 heavy (non-hydrogen) atoms. The zero-order valence-electron chi connectivity index (χ0n) is 11.5. The molecule has 0 spiro atoms. The fourth-order valence-electron chi connectivity index (χ4n) is 2.34. The molecule has 1 aliphatic rings. The Labute approximate surface area is 115 Å². The Bertz CT molecular complexity index is 373. The maximum Gasteiger partial charge on any atom is 0.471 e. The molecule has 8 heteroatoms. The number of carbonyl (C=O) groups excluding carboxylic acids is 1. The molecule has 1 rings (SSSR count). The maximum atomic E-state index is 12.4. The Balaban J connectivity index is 2.60. The molecule has 0 bridgehead atoms. The Kier molecular flexibility index (Phi) is 5.38. The van der Waals surface area contributed by atoms with E-state index in [-0.39, 0.29) is 13.1 Å². The summed E-state index contributed by atoms with van der Waals surface area (Å²) in [6.07, 6.45) is -3.73. The topological polar surface area (TPSA) is 60.9 Å². The van der Waals surface area contributed by atoms with Crippen LogP contribution in [0.3, 0.4) is 0 Å². The monoisotopic (exact) mass is 296 g/mol. The lowest BCUT2D eigenvalue weighted by Gasteiger charge is -2.38. The highest BCUT2D eigenvalue weighted by atomic mass is 19.4. The number of rotatable bonds is 4. The van der Waals surface area contributed by atoms with E-state index in [4.69, 9.17) is 5.11 Å². The van der Waals surface area contributed by atoms with Crippen molar-refractivity contribution in [3.05, 3.63) is 0 Å². The lowest BCUT2D eigenvalue weighted by atomic mass is 10.0. The van der Waals surface area contributed by atoms with Crippen LogP contribution in [0, 0.1) is 5.92 Å². The second-order valence-electron chi connectivity index (χ2n) is 5.21. The zero-order valence-corrected chi connectivity index (χ0v) is 11.5. The molecule has 116 valence electrons. The molecule has 0 saturated carbocycles. The number of halogens is 3. The smallest absolute Gasteiger partial charge is 0.471 e. The van der Waals surface area contributed by atoms with Gasteiger partial charge in [0.1, 0.15) is 0 Å². The standard InChI is InChI=1S/C12H19F3N2O3/c1-8(10(18)19)6-17-5-3-4-9(7-17)16(2)11(20)12(13,14)15/h8-9H,3-7H2,1-2H3,(H,18,19). The lowest BCUT2D eigenvalue weighted by molar-refractivity contribution is -0.187. The van der Waals surface area contributed by atoms with Gasteiger partial charge in [-0.25, -0.2) is 0 Å². The summed E-state index contributed by atoms with van der Waals surface area (Å²) >= 11 is 0. The Hall–Kier alpha value is -1.31. The summed E-state index contributed by atoms with van der Waals surface area (Å²) in [4.78, 5) is 24.5. The largest absolute Gasteiger partial charge is 0.481 e. The highest BCUT2D eigenvalue weighted by Gasteiger charge is 2.43. The van der Waals surface area contributed by atoms with Crippen LogP contribution < -0.4 is 0 Å². The first-order valence-corrected chi connectivity index (χ1v) is 6.42. The van der Waals surface area contributed by atoms with Gasteiger partial charge < -0.3 is 14.9 Å².